The van der Waals surface area contributed by atoms with E-state index in [9.17, 15) is 9.18 Å². The molecule has 1 aliphatic heterocycles. The number of benzene rings is 1. The van der Waals surface area contributed by atoms with Crippen molar-refractivity contribution in [2.24, 2.45) is 23.7 Å². The molecule has 0 spiro atoms. The molecule has 2 heterocycles. The summed E-state index contributed by atoms with van der Waals surface area (Å²) in [5, 5.41) is 4.98. The van der Waals surface area contributed by atoms with Gasteiger partial charge in [-0.2, -0.15) is 0 Å². The lowest BCUT2D eigenvalue weighted by molar-refractivity contribution is -0.119. The Balaban J connectivity index is 0.000000257. The predicted molar refractivity (Wildman–Crippen MR) is 151 cm³/mol. The number of methoxy groups -OCH3 is 1. The summed E-state index contributed by atoms with van der Waals surface area (Å²) in [5.74, 6) is 4.19. The topological polar surface area (TPSA) is 58.8 Å². The molecule has 3 fully saturated rings. The van der Waals surface area contributed by atoms with Crippen LogP contribution in [-0.4, -0.2) is 62.3 Å². The molecule has 0 N–H and O–H groups in total. The van der Waals surface area contributed by atoms with Gasteiger partial charge in [-0.05, 0) is 74.6 Å². The fourth-order valence-corrected chi connectivity index (χ4v) is 6.71. The zero-order valence-electron chi connectivity index (χ0n) is 23.8. The first-order chi connectivity index (χ1) is 18.4. The molecule has 5 rings (SSSR count). The number of hydrogen-bond donors (Lipinski definition) is 0. The number of aromatic nitrogens is 1. The lowest BCUT2D eigenvalue weighted by atomic mass is 9.73. The molecule has 0 amide bonds. The van der Waals surface area contributed by atoms with Gasteiger partial charge in [0, 0.05) is 46.3 Å². The minimum atomic E-state index is -0.237. The first kappa shape index (κ1) is 29.0. The Morgan fingerprint density at radius 1 is 1.03 bits per heavy atom. The molecule has 2 aliphatic carbocycles. The van der Waals surface area contributed by atoms with Crippen molar-refractivity contribution >= 4 is 22.6 Å². The lowest BCUT2D eigenvalue weighted by Crippen LogP contribution is -2.47. The number of nitrogens with zero attached hydrogens (tertiary/aromatic N) is 3. The number of carbonyl (C=O) groups is 1. The van der Waals surface area contributed by atoms with Gasteiger partial charge in [-0.15, -0.1) is 0 Å². The molecule has 2 saturated carbocycles. The third-order valence-electron chi connectivity index (χ3n) is 8.91. The van der Waals surface area contributed by atoms with Gasteiger partial charge in [0.15, 0.2) is 11.4 Å². The number of piperazine rings is 1. The number of hydrogen-bond acceptors (Lipinski definition) is 6. The molecule has 0 radical (unpaired) electrons. The van der Waals surface area contributed by atoms with Gasteiger partial charge < -0.3 is 19.0 Å². The molecule has 3 aliphatic rings. The highest BCUT2D eigenvalue weighted by molar-refractivity contribution is 5.88. The van der Waals surface area contributed by atoms with Crippen LogP contribution in [0.3, 0.4) is 0 Å². The van der Waals surface area contributed by atoms with Gasteiger partial charge >= 0.3 is 0 Å². The molecule has 6 nitrogen and oxygen atoms in total. The highest BCUT2D eigenvalue weighted by Gasteiger charge is 2.29. The Bertz CT molecular complexity index is 989. The number of anilines is 1. The van der Waals surface area contributed by atoms with E-state index in [1.807, 2.05) is 0 Å². The fourth-order valence-electron chi connectivity index (χ4n) is 6.71. The lowest BCUT2D eigenvalue weighted by Gasteiger charge is -2.36. The summed E-state index contributed by atoms with van der Waals surface area (Å²) in [6.45, 7) is 10.0. The standard InChI is InChI=1S/C22H32FN3O.C9H16O2/c1-2-3-17-4-6-18(7-5-17)10-11-25-12-14-26(15-13-25)22-20-16-19(23)8-9-21(20)27-24-22;1-7(10)3-8-4-9(5-8)6-11-2/h8-9,16-18H,2-7,10-15H2,1H3;8-9H,3-6H2,1-2H3. The SMILES string of the molecule is CCCC1CCC(CCN2CCN(c3noc4ccc(F)cc34)CC2)CC1.COCC1CC(CC(C)=O)C1. The van der Waals surface area contributed by atoms with Crippen molar-refractivity contribution in [2.45, 2.75) is 78.1 Å². The van der Waals surface area contributed by atoms with Gasteiger partial charge in [0.2, 0.25) is 0 Å². The van der Waals surface area contributed by atoms with E-state index in [0.717, 1.165) is 68.2 Å². The number of halogens is 1. The summed E-state index contributed by atoms with van der Waals surface area (Å²) in [4.78, 5) is 15.5. The zero-order chi connectivity index (χ0) is 26.9. The van der Waals surface area contributed by atoms with Gasteiger partial charge in [0.05, 0.1) is 5.39 Å². The smallest absolute Gasteiger partial charge is 0.180 e. The number of carbonyl (C=O) groups excluding carboxylic acids is 1. The number of fused-ring (bicyclic) bond motifs is 1. The van der Waals surface area contributed by atoms with Crippen LogP contribution in [0, 0.1) is 29.5 Å². The first-order valence-electron chi connectivity index (χ1n) is 15.0. The maximum absolute atomic E-state index is 13.6. The monoisotopic (exact) mass is 529 g/mol. The maximum atomic E-state index is 13.6. The summed E-state index contributed by atoms with van der Waals surface area (Å²) in [6.07, 6.45) is 13.0. The van der Waals surface area contributed by atoms with Gasteiger partial charge in [0.1, 0.15) is 11.6 Å². The molecule has 2 aromatic rings. The molecule has 7 heteroatoms. The minimum absolute atomic E-state index is 0.237. The molecular weight excluding hydrogens is 481 g/mol. The van der Waals surface area contributed by atoms with E-state index in [-0.39, 0.29) is 5.82 Å². The number of Topliss-reactive ketones (excluding diaryl/α,β-unsaturated/α-hetero) is 1. The van der Waals surface area contributed by atoms with Crippen molar-refractivity contribution in [3.63, 3.8) is 0 Å². The Hall–Kier alpha value is -1.99. The normalized spacial score (nSPS) is 26.1. The van der Waals surface area contributed by atoms with Crippen molar-refractivity contribution in [3.05, 3.63) is 24.0 Å². The van der Waals surface area contributed by atoms with E-state index >= 15 is 0 Å². The van der Waals surface area contributed by atoms with Crippen LogP contribution in [-0.2, 0) is 9.53 Å². The second-order valence-corrected chi connectivity index (χ2v) is 12.0. The molecular formula is C31H48FN3O3. The van der Waals surface area contributed by atoms with Crippen LogP contribution in [0.2, 0.25) is 0 Å². The Morgan fingerprint density at radius 3 is 2.34 bits per heavy atom. The first-order valence-corrected chi connectivity index (χ1v) is 15.0. The second-order valence-electron chi connectivity index (χ2n) is 12.0. The van der Waals surface area contributed by atoms with Gasteiger partial charge in [-0.3, -0.25) is 4.90 Å². The predicted octanol–water partition coefficient (Wildman–Crippen LogP) is 6.72. The average molecular weight is 530 g/mol. The van der Waals surface area contributed by atoms with Crippen LogP contribution >= 0.6 is 0 Å². The van der Waals surface area contributed by atoms with E-state index in [1.54, 1.807) is 20.1 Å². The van der Waals surface area contributed by atoms with Crippen LogP contribution in [0.15, 0.2) is 22.7 Å². The Labute approximate surface area is 228 Å². The van der Waals surface area contributed by atoms with Crippen LogP contribution < -0.4 is 4.90 Å². The molecule has 38 heavy (non-hydrogen) atoms. The van der Waals surface area contributed by atoms with Crippen molar-refractivity contribution in [2.75, 3.05) is 51.3 Å². The molecule has 212 valence electrons. The number of rotatable bonds is 10. The third kappa shape index (κ3) is 8.25. The molecule has 1 aromatic heterocycles. The third-order valence-corrected chi connectivity index (χ3v) is 8.91. The summed E-state index contributed by atoms with van der Waals surface area (Å²) >= 11 is 0. The van der Waals surface area contributed by atoms with Crippen LogP contribution in [0.5, 0.6) is 0 Å². The highest BCUT2D eigenvalue weighted by Crippen LogP contribution is 2.36. The molecule has 0 bridgehead atoms. The van der Waals surface area contributed by atoms with Crippen molar-refractivity contribution in [1.82, 2.24) is 10.1 Å². The van der Waals surface area contributed by atoms with E-state index in [2.05, 4.69) is 21.9 Å². The van der Waals surface area contributed by atoms with Crippen molar-refractivity contribution < 1.29 is 18.4 Å². The van der Waals surface area contributed by atoms with E-state index in [1.165, 1.54) is 76.5 Å². The van der Waals surface area contributed by atoms with Gasteiger partial charge in [-0.25, -0.2) is 4.39 Å². The fraction of sp³-hybridized carbons (Fsp3) is 0.742. The molecule has 1 aromatic carbocycles. The minimum Gasteiger partial charge on any atom is -0.384 e. The van der Waals surface area contributed by atoms with E-state index < -0.39 is 0 Å². The van der Waals surface area contributed by atoms with Crippen molar-refractivity contribution in [3.8, 4) is 0 Å². The number of ether oxygens (including phenoxy) is 1. The molecule has 0 atom stereocenters. The maximum Gasteiger partial charge on any atom is 0.180 e. The largest absolute Gasteiger partial charge is 0.384 e. The zero-order valence-corrected chi connectivity index (χ0v) is 23.8. The summed E-state index contributed by atoms with van der Waals surface area (Å²) in [7, 11) is 1.73. The summed E-state index contributed by atoms with van der Waals surface area (Å²) in [5.41, 5.74) is 0.660. The van der Waals surface area contributed by atoms with Crippen LogP contribution in [0.1, 0.15) is 78.1 Å². The summed E-state index contributed by atoms with van der Waals surface area (Å²) in [6, 6.07) is 4.61. The number of ketones is 1. The van der Waals surface area contributed by atoms with E-state index in [0.29, 0.717) is 17.3 Å². The van der Waals surface area contributed by atoms with Gasteiger partial charge in [0.25, 0.3) is 0 Å². The van der Waals surface area contributed by atoms with Gasteiger partial charge in [-0.1, -0.05) is 50.6 Å². The quantitative estimate of drug-likeness (QED) is 0.340. The Kier molecular flexibility index (Phi) is 11.0. The van der Waals surface area contributed by atoms with E-state index in [4.69, 9.17) is 9.26 Å². The van der Waals surface area contributed by atoms with Crippen molar-refractivity contribution in [1.29, 1.82) is 0 Å². The second kappa shape index (κ2) is 14.4. The van der Waals surface area contributed by atoms with Crippen LogP contribution in [0.4, 0.5) is 10.2 Å². The summed E-state index contributed by atoms with van der Waals surface area (Å²) < 4.78 is 24.0. The average Bonchev–Trinajstić information content (AvgIpc) is 3.31. The molecule has 1 saturated heterocycles. The van der Waals surface area contributed by atoms with Crippen LogP contribution in [0.25, 0.3) is 11.0 Å². The molecule has 0 unspecified atom stereocenters. The highest BCUT2D eigenvalue weighted by atomic mass is 19.1. The Morgan fingerprint density at radius 2 is 1.71 bits per heavy atom.